The molecule has 0 radical (unpaired) electrons. The van der Waals surface area contributed by atoms with Gasteiger partial charge in [0.05, 0.1) is 12.2 Å². The first kappa shape index (κ1) is 15.3. The molecule has 0 saturated carbocycles. The smallest absolute Gasteiger partial charge is 0.338 e. The second-order valence-corrected chi connectivity index (χ2v) is 5.61. The van der Waals surface area contributed by atoms with E-state index >= 15 is 0 Å². The lowest BCUT2D eigenvalue weighted by Gasteiger charge is -2.05. The molecule has 1 heterocycles. The summed E-state index contributed by atoms with van der Waals surface area (Å²) in [7, 11) is 0. The van der Waals surface area contributed by atoms with Crippen molar-refractivity contribution in [1.29, 1.82) is 0 Å². The zero-order chi connectivity index (χ0) is 16.2. The highest BCUT2D eigenvalue weighted by Gasteiger charge is 2.08. The van der Waals surface area contributed by atoms with E-state index in [4.69, 9.17) is 4.74 Å². The van der Waals surface area contributed by atoms with E-state index in [1.54, 1.807) is 18.2 Å². The van der Waals surface area contributed by atoms with E-state index in [1.807, 2.05) is 25.3 Å². The van der Waals surface area contributed by atoms with Crippen molar-refractivity contribution in [2.24, 2.45) is 0 Å². The number of hydrogen-bond acceptors (Lipinski definition) is 2. The van der Waals surface area contributed by atoms with Gasteiger partial charge in [0, 0.05) is 17.1 Å². The van der Waals surface area contributed by atoms with E-state index in [0.717, 1.165) is 28.5 Å². The minimum atomic E-state index is -0.310. The molecule has 4 heteroatoms. The largest absolute Gasteiger partial charge is 0.462 e. The average molecular weight is 311 g/mol. The number of carbonyl (C=O) groups excluding carboxylic acids is 1. The van der Waals surface area contributed by atoms with Crippen LogP contribution in [0.2, 0.25) is 0 Å². The predicted molar refractivity (Wildman–Crippen MR) is 88.0 cm³/mol. The molecule has 0 atom stereocenters. The van der Waals surface area contributed by atoms with Crippen molar-refractivity contribution in [2.45, 2.75) is 19.8 Å². The van der Waals surface area contributed by atoms with Crippen molar-refractivity contribution in [2.75, 3.05) is 6.61 Å². The standard InChI is InChI=1S/C19H18FNO2/c1-13-4-6-14(7-5-13)19(22)23-10-2-3-15-12-21-18-9-8-16(20)11-17(15)18/h4-9,11-12,21H,2-3,10H2,1H3. The number of nitrogens with one attached hydrogen (secondary N) is 1. The Morgan fingerprint density at radius 1 is 1.17 bits per heavy atom. The number of fused-ring (bicyclic) bond motifs is 1. The second-order valence-electron chi connectivity index (χ2n) is 5.61. The third-order valence-corrected chi connectivity index (χ3v) is 3.84. The summed E-state index contributed by atoms with van der Waals surface area (Å²) in [5.74, 6) is -0.556. The number of rotatable bonds is 5. The van der Waals surface area contributed by atoms with Gasteiger partial charge in [-0.3, -0.25) is 0 Å². The van der Waals surface area contributed by atoms with Crippen molar-refractivity contribution in [3.05, 3.63) is 71.2 Å². The molecular formula is C19H18FNO2. The van der Waals surface area contributed by atoms with Gasteiger partial charge in [-0.15, -0.1) is 0 Å². The van der Waals surface area contributed by atoms with Crippen LogP contribution in [0.15, 0.2) is 48.7 Å². The van der Waals surface area contributed by atoms with Crippen molar-refractivity contribution >= 4 is 16.9 Å². The van der Waals surface area contributed by atoms with Crippen LogP contribution in [0.3, 0.4) is 0 Å². The van der Waals surface area contributed by atoms with Gasteiger partial charge in [0.15, 0.2) is 0 Å². The van der Waals surface area contributed by atoms with Crippen LogP contribution in [0.1, 0.15) is 27.9 Å². The highest BCUT2D eigenvalue weighted by molar-refractivity contribution is 5.89. The lowest BCUT2D eigenvalue weighted by atomic mass is 10.1. The first-order chi connectivity index (χ1) is 11.1. The lowest BCUT2D eigenvalue weighted by Crippen LogP contribution is -2.07. The van der Waals surface area contributed by atoms with Gasteiger partial charge in [0.2, 0.25) is 0 Å². The summed E-state index contributed by atoms with van der Waals surface area (Å²) in [5.41, 5.74) is 3.61. The monoisotopic (exact) mass is 311 g/mol. The van der Waals surface area contributed by atoms with Crippen LogP contribution in [-0.4, -0.2) is 17.6 Å². The molecule has 0 fully saturated rings. The minimum Gasteiger partial charge on any atom is -0.462 e. The number of aryl methyl sites for hydroxylation is 2. The topological polar surface area (TPSA) is 42.1 Å². The molecule has 0 bridgehead atoms. The first-order valence-corrected chi connectivity index (χ1v) is 7.63. The van der Waals surface area contributed by atoms with Crippen molar-refractivity contribution in [1.82, 2.24) is 4.98 Å². The molecule has 118 valence electrons. The van der Waals surface area contributed by atoms with Crippen LogP contribution in [0.4, 0.5) is 4.39 Å². The van der Waals surface area contributed by atoms with E-state index in [9.17, 15) is 9.18 Å². The molecule has 3 rings (SSSR count). The highest BCUT2D eigenvalue weighted by atomic mass is 19.1. The Bertz CT molecular complexity index is 821. The summed E-state index contributed by atoms with van der Waals surface area (Å²) in [6.45, 7) is 2.31. The fourth-order valence-corrected chi connectivity index (χ4v) is 2.56. The van der Waals surface area contributed by atoms with Gasteiger partial charge in [-0.2, -0.15) is 0 Å². The minimum absolute atomic E-state index is 0.246. The third-order valence-electron chi connectivity index (χ3n) is 3.84. The normalized spacial score (nSPS) is 10.9. The molecular weight excluding hydrogens is 293 g/mol. The van der Waals surface area contributed by atoms with Gasteiger partial charge < -0.3 is 9.72 Å². The van der Waals surface area contributed by atoms with E-state index in [2.05, 4.69) is 4.98 Å². The fraction of sp³-hybridized carbons (Fsp3) is 0.211. The van der Waals surface area contributed by atoms with Gasteiger partial charge in [0.1, 0.15) is 5.82 Å². The summed E-state index contributed by atoms with van der Waals surface area (Å²) in [5, 5.41) is 0.884. The van der Waals surface area contributed by atoms with Crippen LogP contribution >= 0.6 is 0 Å². The molecule has 1 N–H and O–H groups in total. The number of esters is 1. The molecule has 23 heavy (non-hydrogen) atoms. The number of aromatic amines is 1. The summed E-state index contributed by atoms with van der Waals surface area (Å²) in [6, 6.07) is 12.0. The number of ether oxygens (including phenoxy) is 1. The van der Waals surface area contributed by atoms with E-state index in [-0.39, 0.29) is 11.8 Å². The molecule has 0 unspecified atom stereocenters. The molecule has 0 aliphatic heterocycles. The number of benzene rings is 2. The molecule has 3 aromatic rings. The maximum atomic E-state index is 13.3. The molecule has 0 aliphatic carbocycles. The Morgan fingerprint density at radius 3 is 2.74 bits per heavy atom. The molecule has 2 aromatic carbocycles. The Kier molecular flexibility index (Phi) is 4.42. The summed E-state index contributed by atoms with van der Waals surface area (Å²) in [4.78, 5) is 15.0. The van der Waals surface area contributed by atoms with Gasteiger partial charge in [-0.25, -0.2) is 9.18 Å². The quantitative estimate of drug-likeness (QED) is 0.560. The first-order valence-electron chi connectivity index (χ1n) is 7.63. The number of carbonyl (C=O) groups is 1. The summed E-state index contributed by atoms with van der Waals surface area (Å²) < 4.78 is 18.6. The van der Waals surface area contributed by atoms with Crippen molar-refractivity contribution in [3.8, 4) is 0 Å². The van der Waals surface area contributed by atoms with E-state index in [0.29, 0.717) is 18.6 Å². The van der Waals surface area contributed by atoms with Crippen LogP contribution in [-0.2, 0) is 11.2 Å². The number of halogens is 1. The SMILES string of the molecule is Cc1ccc(C(=O)OCCCc2c[nH]c3ccc(F)cc23)cc1. The second kappa shape index (κ2) is 6.65. The Balaban J connectivity index is 1.54. The van der Waals surface area contributed by atoms with E-state index in [1.165, 1.54) is 12.1 Å². The van der Waals surface area contributed by atoms with E-state index < -0.39 is 0 Å². The van der Waals surface area contributed by atoms with Crippen molar-refractivity contribution < 1.29 is 13.9 Å². The van der Waals surface area contributed by atoms with Gasteiger partial charge >= 0.3 is 5.97 Å². The molecule has 0 saturated heterocycles. The Hall–Kier alpha value is -2.62. The van der Waals surface area contributed by atoms with Gasteiger partial charge in [-0.1, -0.05) is 17.7 Å². The lowest BCUT2D eigenvalue weighted by molar-refractivity contribution is 0.0500. The van der Waals surface area contributed by atoms with Crippen LogP contribution in [0, 0.1) is 12.7 Å². The Morgan fingerprint density at radius 2 is 1.96 bits per heavy atom. The van der Waals surface area contributed by atoms with Crippen LogP contribution in [0.5, 0.6) is 0 Å². The summed E-state index contributed by atoms with van der Waals surface area (Å²) in [6.07, 6.45) is 3.30. The molecule has 0 aliphatic rings. The number of H-pyrrole nitrogens is 1. The van der Waals surface area contributed by atoms with Gasteiger partial charge in [0.25, 0.3) is 0 Å². The predicted octanol–water partition coefficient (Wildman–Crippen LogP) is 4.41. The zero-order valence-corrected chi connectivity index (χ0v) is 12.9. The maximum Gasteiger partial charge on any atom is 0.338 e. The average Bonchev–Trinajstić information content (AvgIpc) is 2.94. The summed E-state index contributed by atoms with van der Waals surface area (Å²) >= 11 is 0. The van der Waals surface area contributed by atoms with Gasteiger partial charge in [-0.05, 0) is 55.7 Å². The van der Waals surface area contributed by atoms with Crippen LogP contribution in [0.25, 0.3) is 10.9 Å². The maximum absolute atomic E-state index is 13.3. The number of aromatic nitrogens is 1. The molecule has 0 amide bonds. The fourth-order valence-electron chi connectivity index (χ4n) is 2.56. The third kappa shape index (κ3) is 3.59. The molecule has 1 aromatic heterocycles. The van der Waals surface area contributed by atoms with Crippen LogP contribution < -0.4 is 0 Å². The molecule has 0 spiro atoms. The Labute approximate surface area is 134 Å². The zero-order valence-electron chi connectivity index (χ0n) is 12.9. The highest BCUT2D eigenvalue weighted by Crippen LogP contribution is 2.20. The van der Waals surface area contributed by atoms with Crippen molar-refractivity contribution in [3.63, 3.8) is 0 Å². The molecule has 3 nitrogen and oxygen atoms in total. The number of hydrogen-bond donors (Lipinski definition) is 1.